The summed E-state index contributed by atoms with van der Waals surface area (Å²) in [6.45, 7) is 8.01. The van der Waals surface area contributed by atoms with E-state index < -0.39 is 17.9 Å². The molecule has 1 heterocycles. The lowest BCUT2D eigenvalue weighted by atomic mass is 9.87. The van der Waals surface area contributed by atoms with Gasteiger partial charge in [0.15, 0.2) is 5.76 Å². The van der Waals surface area contributed by atoms with Crippen LogP contribution in [0.15, 0.2) is 11.3 Å². The molecular formula is C17H30N2O4. The van der Waals surface area contributed by atoms with Gasteiger partial charge >= 0.3 is 0 Å². The third kappa shape index (κ3) is 3.86. The van der Waals surface area contributed by atoms with Gasteiger partial charge in [-0.05, 0) is 24.3 Å². The SMILES string of the molecule is CCCCC(C(=O)NO)N1C(=O)C(O)=C(CC)C1C(CC)CC. The molecule has 1 aliphatic rings. The maximum Gasteiger partial charge on any atom is 0.289 e. The number of unbranched alkanes of at least 4 members (excludes halogenated alkanes) is 1. The molecule has 2 amide bonds. The molecule has 0 saturated carbocycles. The van der Waals surface area contributed by atoms with Gasteiger partial charge in [0.2, 0.25) is 0 Å². The van der Waals surface area contributed by atoms with Crippen molar-refractivity contribution < 1.29 is 19.9 Å². The first-order valence-electron chi connectivity index (χ1n) is 8.66. The van der Waals surface area contributed by atoms with E-state index in [0.29, 0.717) is 18.4 Å². The molecule has 2 atom stereocenters. The molecule has 1 rings (SSSR count). The van der Waals surface area contributed by atoms with Crippen LogP contribution in [-0.4, -0.2) is 39.1 Å². The lowest BCUT2D eigenvalue weighted by molar-refractivity contribution is -0.145. The molecule has 0 spiro atoms. The van der Waals surface area contributed by atoms with Crippen molar-refractivity contribution in [2.75, 3.05) is 0 Å². The summed E-state index contributed by atoms with van der Waals surface area (Å²) >= 11 is 0. The number of hydrogen-bond donors (Lipinski definition) is 3. The van der Waals surface area contributed by atoms with Gasteiger partial charge in [0.05, 0.1) is 6.04 Å². The topological polar surface area (TPSA) is 89.9 Å². The molecule has 1 aliphatic heterocycles. The number of aliphatic hydroxyl groups is 1. The van der Waals surface area contributed by atoms with Crippen LogP contribution in [0.3, 0.4) is 0 Å². The van der Waals surface area contributed by atoms with Crippen LogP contribution in [0.4, 0.5) is 0 Å². The Morgan fingerprint density at radius 3 is 2.30 bits per heavy atom. The number of amides is 2. The number of nitrogens with zero attached hydrogens (tertiary/aromatic N) is 1. The molecule has 0 saturated heterocycles. The van der Waals surface area contributed by atoms with Crippen molar-refractivity contribution in [3.63, 3.8) is 0 Å². The lowest BCUT2D eigenvalue weighted by Crippen LogP contribution is -2.53. The highest BCUT2D eigenvalue weighted by Crippen LogP contribution is 2.37. The quantitative estimate of drug-likeness (QED) is 0.449. The van der Waals surface area contributed by atoms with Crippen LogP contribution in [0.25, 0.3) is 0 Å². The Bertz CT molecular complexity index is 458. The minimum atomic E-state index is -0.760. The van der Waals surface area contributed by atoms with E-state index in [1.165, 1.54) is 4.90 Å². The number of carbonyl (C=O) groups is 2. The monoisotopic (exact) mass is 326 g/mol. The standard InChI is InChI=1S/C17H30N2O4/c1-5-9-10-13(16(21)18-23)19-14(11(6-2)7-3)12(8-4)15(20)17(19)22/h11,13-14,20,23H,5-10H2,1-4H3,(H,18,21). The van der Waals surface area contributed by atoms with Gasteiger partial charge in [-0.25, -0.2) is 5.48 Å². The van der Waals surface area contributed by atoms with Crippen LogP contribution < -0.4 is 5.48 Å². The third-order valence-electron chi connectivity index (χ3n) is 4.85. The first kappa shape index (κ1) is 19.5. The molecule has 0 aromatic heterocycles. The average Bonchev–Trinajstić information content (AvgIpc) is 2.81. The number of rotatable bonds is 9. The number of carbonyl (C=O) groups excluding carboxylic acids is 2. The molecule has 0 radical (unpaired) electrons. The van der Waals surface area contributed by atoms with E-state index in [4.69, 9.17) is 5.21 Å². The summed E-state index contributed by atoms with van der Waals surface area (Å²) in [6.07, 6.45) is 4.38. The largest absolute Gasteiger partial charge is 0.503 e. The Kier molecular flexibility index (Phi) is 7.55. The summed E-state index contributed by atoms with van der Waals surface area (Å²) in [4.78, 5) is 26.2. The van der Waals surface area contributed by atoms with Crippen molar-refractivity contribution in [2.24, 2.45) is 5.92 Å². The molecule has 0 aromatic carbocycles. The zero-order valence-electron chi connectivity index (χ0n) is 14.6. The minimum absolute atomic E-state index is 0.175. The van der Waals surface area contributed by atoms with Crippen molar-refractivity contribution in [2.45, 2.75) is 78.3 Å². The van der Waals surface area contributed by atoms with Crippen LogP contribution in [0.5, 0.6) is 0 Å². The summed E-state index contributed by atoms with van der Waals surface area (Å²) < 4.78 is 0. The highest BCUT2D eigenvalue weighted by atomic mass is 16.5. The van der Waals surface area contributed by atoms with Crippen molar-refractivity contribution in [1.82, 2.24) is 10.4 Å². The summed E-state index contributed by atoms with van der Waals surface area (Å²) in [5.74, 6) is -1.14. The second-order valence-electron chi connectivity index (χ2n) is 6.10. The number of hydroxylamine groups is 1. The molecular weight excluding hydrogens is 296 g/mol. The maximum atomic E-state index is 12.6. The van der Waals surface area contributed by atoms with Gasteiger partial charge in [0, 0.05) is 0 Å². The first-order chi connectivity index (χ1) is 11.0. The highest BCUT2D eigenvalue weighted by Gasteiger charge is 2.46. The fourth-order valence-electron chi connectivity index (χ4n) is 3.52. The van der Waals surface area contributed by atoms with Gasteiger partial charge in [-0.1, -0.05) is 53.4 Å². The molecule has 132 valence electrons. The van der Waals surface area contributed by atoms with Gasteiger partial charge in [0.25, 0.3) is 11.8 Å². The number of nitrogens with one attached hydrogen (secondary N) is 1. The number of aliphatic hydroxyl groups excluding tert-OH is 1. The van der Waals surface area contributed by atoms with E-state index >= 15 is 0 Å². The van der Waals surface area contributed by atoms with Crippen LogP contribution >= 0.6 is 0 Å². The van der Waals surface area contributed by atoms with E-state index in [9.17, 15) is 14.7 Å². The summed E-state index contributed by atoms with van der Waals surface area (Å²) in [5, 5.41) is 19.3. The molecule has 0 aliphatic carbocycles. The van der Waals surface area contributed by atoms with Crippen molar-refractivity contribution in [3.8, 4) is 0 Å². The normalized spacial score (nSPS) is 19.7. The van der Waals surface area contributed by atoms with Gasteiger partial charge in [-0.3, -0.25) is 14.8 Å². The second kappa shape index (κ2) is 8.91. The third-order valence-corrected chi connectivity index (χ3v) is 4.85. The smallest absolute Gasteiger partial charge is 0.289 e. The first-order valence-corrected chi connectivity index (χ1v) is 8.66. The van der Waals surface area contributed by atoms with Crippen LogP contribution in [0.2, 0.25) is 0 Å². The van der Waals surface area contributed by atoms with Gasteiger partial charge < -0.3 is 10.0 Å². The predicted octanol–water partition coefficient (Wildman–Crippen LogP) is 2.92. The predicted molar refractivity (Wildman–Crippen MR) is 87.9 cm³/mol. The summed E-state index contributed by atoms with van der Waals surface area (Å²) in [7, 11) is 0. The van der Waals surface area contributed by atoms with Crippen LogP contribution in [0, 0.1) is 5.92 Å². The zero-order chi connectivity index (χ0) is 17.6. The van der Waals surface area contributed by atoms with Crippen LogP contribution in [0.1, 0.15) is 66.2 Å². The fraction of sp³-hybridized carbons (Fsp3) is 0.765. The lowest BCUT2D eigenvalue weighted by Gasteiger charge is -2.37. The van der Waals surface area contributed by atoms with E-state index in [2.05, 4.69) is 0 Å². The molecule has 6 heteroatoms. The van der Waals surface area contributed by atoms with Gasteiger partial charge in [-0.2, -0.15) is 0 Å². The molecule has 23 heavy (non-hydrogen) atoms. The Morgan fingerprint density at radius 1 is 1.26 bits per heavy atom. The second-order valence-corrected chi connectivity index (χ2v) is 6.10. The fourth-order valence-corrected chi connectivity index (χ4v) is 3.52. The van der Waals surface area contributed by atoms with Gasteiger partial charge in [0.1, 0.15) is 6.04 Å². The molecule has 2 unspecified atom stereocenters. The molecule has 0 aromatic rings. The Morgan fingerprint density at radius 2 is 1.87 bits per heavy atom. The highest BCUT2D eigenvalue weighted by molar-refractivity contribution is 5.98. The van der Waals surface area contributed by atoms with Crippen molar-refractivity contribution >= 4 is 11.8 Å². The molecule has 0 fully saturated rings. The van der Waals surface area contributed by atoms with Crippen LogP contribution in [-0.2, 0) is 9.59 Å². The summed E-state index contributed by atoms with van der Waals surface area (Å²) in [6, 6.07) is -1.04. The van der Waals surface area contributed by atoms with Crippen molar-refractivity contribution in [1.29, 1.82) is 0 Å². The average molecular weight is 326 g/mol. The summed E-state index contributed by atoms with van der Waals surface area (Å²) in [5.41, 5.74) is 2.39. The van der Waals surface area contributed by atoms with Gasteiger partial charge in [-0.15, -0.1) is 0 Å². The Balaban J connectivity index is 3.26. The zero-order valence-corrected chi connectivity index (χ0v) is 14.6. The van der Waals surface area contributed by atoms with E-state index in [1.54, 1.807) is 5.48 Å². The Labute approximate surface area is 138 Å². The van der Waals surface area contributed by atoms with E-state index in [-0.39, 0.29) is 17.7 Å². The molecule has 0 bridgehead atoms. The maximum absolute atomic E-state index is 12.6. The molecule has 6 nitrogen and oxygen atoms in total. The minimum Gasteiger partial charge on any atom is -0.503 e. The van der Waals surface area contributed by atoms with E-state index in [1.807, 2.05) is 27.7 Å². The molecule has 3 N–H and O–H groups in total. The van der Waals surface area contributed by atoms with Crippen molar-refractivity contribution in [3.05, 3.63) is 11.3 Å². The van der Waals surface area contributed by atoms with E-state index in [0.717, 1.165) is 25.7 Å². The number of hydrogen-bond acceptors (Lipinski definition) is 4. The Hall–Kier alpha value is -1.56.